The molecule has 4 atom stereocenters. The van der Waals surface area contributed by atoms with Crippen LogP contribution in [0.2, 0.25) is 0 Å². The summed E-state index contributed by atoms with van der Waals surface area (Å²) < 4.78 is -0.412. The molecular weight excluding hydrogens is 508 g/mol. The predicted octanol–water partition coefficient (Wildman–Crippen LogP) is -3.09. The molecule has 0 aromatic heterocycles. The van der Waals surface area contributed by atoms with E-state index in [1.807, 2.05) is 0 Å². The molecule has 0 aliphatic rings. The Morgan fingerprint density at radius 3 is 0.812 bits per heavy atom. The van der Waals surface area contributed by atoms with E-state index in [-0.39, 0.29) is 46.4 Å². The van der Waals surface area contributed by atoms with Gasteiger partial charge in [-0.15, -0.1) is 8.39 Å². The standard InChI is InChI=1S/2C8H16O5S2.2H3N/c2*9-3-5(11)1-8(13,7(14)15)2-6(12)4-10;;/h2*5-6,9-13H,1-4H2,(H,14,15);2*1H3. The third-order valence-corrected chi connectivity index (χ3v) is 5.42. The smallest absolute Gasteiger partial charge is 0.0801 e. The number of quaternary nitrogens is 2. The van der Waals surface area contributed by atoms with E-state index in [4.69, 9.17) is 40.9 Å². The average molecular weight is 547 g/mol. The van der Waals surface area contributed by atoms with Crippen LogP contribution in [0.15, 0.2) is 0 Å². The van der Waals surface area contributed by atoms with Crippen molar-refractivity contribution in [2.75, 3.05) is 26.4 Å². The van der Waals surface area contributed by atoms with Crippen LogP contribution < -0.4 is 12.3 Å². The maximum Gasteiger partial charge on any atom is 0.0801 e. The second-order valence-corrected chi connectivity index (χ2v) is 8.95. The molecule has 4 unspecified atom stereocenters. The summed E-state index contributed by atoms with van der Waals surface area (Å²) in [4.78, 5) is 0. The number of aliphatic hydroxyl groups excluding tert-OH is 8. The van der Waals surface area contributed by atoms with Gasteiger partial charge in [-0.05, 0) is 0 Å². The summed E-state index contributed by atoms with van der Waals surface area (Å²) in [5.74, 6) is 0. The van der Waals surface area contributed by atoms with Gasteiger partial charge in [-0.1, -0.05) is 0 Å². The second-order valence-electron chi connectivity index (χ2n) is 6.80. The normalized spacial score (nSPS) is 18.1. The van der Waals surface area contributed by atoms with Crippen molar-refractivity contribution in [3.8, 4) is 0 Å². The van der Waals surface area contributed by atoms with Crippen LogP contribution >= 0.6 is 24.4 Å². The molecule has 16 heteroatoms. The van der Waals surface area contributed by atoms with Crippen molar-refractivity contribution in [1.82, 2.24) is 12.3 Å². The van der Waals surface area contributed by atoms with Crippen molar-refractivity contribution >= 4 is 58.1 Å². The van der Waals surface area contributed by atoms with Crippen LogP contribution in [-0.4, -0.2) is 122 Å². The summed E-state index contributed by atoms with van der Waals surface area (Å²) in [7, 11) is 0. The lowest BCUT2D eigenvalue weighted by atomic mass is 9.92. The number of hydrogen-bond acceptors (Lipinski definition) is 14. The van der Waals surface area contributed by atoms with Crippen LogP contribution in [0.25, 0.3) is 0 Å². The molecule has 0 rings (SSSR count). The molecule has 0 heterocycles. The van der Waals surface area contributed by atoms with Crippen LogP contribution in [0.1, 0.15) is 25.7 Å². The van der Waals surface area contributed by atoms with E-state index in [1.165, 1.54) is 0 Å². The second kappa shape index (κ2) is 19.4. The minimum absolute atomic E-state index is 0. The molecule has 0 spiro atoms. The zero-order valence-electron chi connectivity index (χ0n) is 18.1. The SMILES string of the molecule is OCC(O)CC(O)(CC(O)CO)C(=S)[S-].OCC(O)CC(O)(CC(O)CO)C(=S)[S-].[NH4+].[NH4+]. The zero-order chi connectivity index (χ0) is 24.1. The first kappa shape index (κ1) is 39.4. The summed E-state index contributed by atoms with van der Waals surface area (Å²) >= 11 is 18.6. The van der Waals surface area contributed by atoms with Crippen LogP contribution in [0.3, 0.4) is 0 Å². The van der Waals surface area contributed by atoms with Gasteiger partial charge in [0.15, 0.2) is 0 Å². The van der Waals surface area contributed by atoms with Gasteiger partial charge in [0, 0.05) is 25.7 Å². The van der Waals surface area contributed by atoms with E-state index in [9.17, 15) is 10.2 Å². The maximum absolute atomic E-state index is 9.90. The van der Waals surface area contributed by atoms with Crippen molar-refractivity contribution in [1.29, 1.82) is 0 Å². The molecule has 0 saturated carbocycles. The summed E-state index contributed by atoms with van der Waals surface area (Å²) in [6.07, 6.45) is -5.70. The van der Waals surface area contributed by atoms with Crippen molar-refractivity contribution in [2.24, 2.45) is 0 Å². The summed E-state index contributed by atoms with van der Waals surface area (Å²) in [6, 6.07) is 0. The van der Waals surface area contributed by atoms with Crippen molar-refractivity contribution < 1.29 is 51.1 Å². The van der Waals surface area contributed by atoms with Crippen molar-refractivity contribution in [2.45, 2.75) is 61.3 Å². The maximum atomic E-state index is 9.90. The Morgan fingerprint density at radius 1 is 0.562 bits per heavy atom. The Morgan fingerprint density at radius 2 is 0.719 bits per heavy atom. The van der Waals surface area contributed by atoms with E-state index in [0.717, 1.165) is 0 Å². The van der Waals surface area contributed by atoms with Crippen molar-refractivity contribution in [3.63, 3.8) is 0 Å². The first-order valence-electron chi connectivity index (χ1n) is 8.74. The summed E-state index contributed by atoms with van der Waals surface area (Å²) in [5.41, 5.74) is -3.45. The lowest BCUT2D eigenvalue weighted by Gasteiger charge is -2.35. The molecule has 0 aliphatic heterocycles. The van der Waals surface area contributed by atoms with Crippen molar-refractivity contribution in [3.05, 3.63) is 0 Å². The van der Waals surface area contributed by atoms with Crippen LogP contribution in [0.4, 0.5) is 0 Å². The molecule has 0 saturated heterocycles. The van der Waals surface area contributed by atoms with E-state index >= 15 is 0 Å². The molecule has 32 heavy (non-hydrogen) atoms. The van der Waals surface area contributed by atoms with Gasteiger partial charge < -0.3 is 113 Å². The number of rotatable bonds is 14. The summed E-state index contributed by atoms with van der Waals surface area (Å²) in [6.45, 7) is -2.13. The highest BCUT2D eigenvalue weighted by molar-refractivity contribution is 8.01. The Bertz CT molecular complexity index is 453. The van der Waals surface area contributed by atoms with Crippen LogP contribution in [0, 0.1) is 0 Å². The molecule has 0 radical (unpaired) electrons. The Kier molecular flexibility index (Phi) is 23.9. The predicted molar refractivity (Wildman–Crippen MR) is 133 cm³/mol. The quantitative estimate of drug-likeness (QED) is 0.0760. The first-order valence-corrected chi connectivity index (χ1v) is 10.4. The fraction of sp³-hybridized carbons (Fsp3) is 0.875. The highest BCUT2D eigenvalue weighted by Gasteiger charge is 2.31. The van der Waals surface area contributed by atoms with E-state index in [1.54, 1.807) is 0 Å². The topological polar surface area (TPSA) is 275 Å². The van der Waals surface area contributed by atoms with Gasteiger partial charge >= 0.3 is 0 Å². The van der Waals surface area contributed by atoms with Crippen LogP contribution in [0.5, 0.6) is 0 Å². The van der Waals surface area contributed by atoms with E-state index in [0.29, 0.717) is 0 Å². The van der Waals surface area contributed by atoms with Crippen LogP contribution in [-0.2, 0) is 25.3 Å². The zero-order valence-corrected chi connectivity index (χ0v) is 21.3. The van der Waals surface area contributed by atoms with Gasteiger partial charge in [0.05, 0.1) is 62.0 Å². The lowest BCUT2D eigenvalue weighted by molar-refractivity contribution is -0.0215. The fourth-order valence-electron chi connectivity index (χ4n) is 2.32. The minimum atomic E-state index is -1.73. The molecule has 0 aromatic rings. The van der Waals surface area contributed by atoms with E-state index in [2.05, 4.69) is 49.7 Å². The van der Waals surface area contributed by atoms with Gasteiger partial charge in [-0.2, -0.15) is 0 Å². The average Bonchev–Trinajstić information content (AvgIpc) is 2.67. The molecule has 0 bridgehead atoms. The monoisotopic (exact) mass is 546 g/mol. The largest absolute Gasteiger partial charge is 0.430 e. The van der Waals surface area contributed by atoms with Gasteiger partial charge in [0.1, 0.15) is 0 Å². The highest BCUT2D eigenvalue weighted by atomic mass is 32.1. The Balaban J connectivity index is -0.000000231. The third-order valence-electron chi connectivity index (χ3n) is 3.90. The summed E-state index contributed by atoms with van der Waals surface area (Å²) in [5, 5.41) is 91.0. The number of thiocarbonyl (C=S) groups is 2. The first-order chi connectivity index (χ1) is 13.7. The fourth-order valence-corrected chi connectivity index (χ4v) is 2.98. The Labute approximate surface area is 208 Å². The molecule has 0 aliphatic carbocycles. The van der Waals surface area contributed by atoms with Gasteiger partial charge in [-0.25, -0.2) is 0 Å². The molecule has 196 valence electrons. The minimum Gasteiger partial charge on any atom is -0.430 e. The molecule has 0 fully saturated rings. The third kappa shape index (κ3) is 15.9. The molecule has 12 nitrogen and oxygen atoms in total. The molecule has 18 N–H and O–H groups in total. The van der Waals surface area contributed by atoms with E-state index < -0.39 is 62.0 Å². The molecule has 0 aromatic carbocycles. The number of hydrogen-bond donors (Lipinski definition) is 12. The number of aliphatic hydroxyl groups is 10. The Hall–Kier alpha value is 0.140. The van der Waals surface area contributed by atoms with Gasteiger partial charge in [0.25, 0.3) is 0 Å². The molecular formula is C16H38N2O10S4. The lowest BCUT2D eigenvalue weighted by Crippen LogP contribution is -2.44. The molecule has 0 amide bonds. The van der Waals surface area contributed by atoms with Gasteiger partial charge in [0.2, 0.25) is 0 Å². The highest BCUT2D eigenvalue weighted by Crippen LogP contribution is 2.22. The van der Waals surface area contributed by atoms with Gasteiger partial charge in [-0.3, -0.25) is 0 Å².